The first kappa shape index (κ1) is 11.7. The Morgan fingerprint density at radius 3 is 2.17 bits per heavy atom. The van der Waals surface area contributed by atoms with E-state index in [1.165, 1.54) is 13.0 Å². The number of ketones is 1. The molecule has 0 atom stereocenters. The molecule has 0 aliphatic carbocycles. The van der Waals surface area contributed by atoms with Gasteiger partial charge in [-0.1, -0.05) is 43.4 Å². The van der Waals surface area contributed by atoms with E-state index in [1.54, 1.807) is 6.08 Å². The Bertz CT molecular complexity index is 223. The van der Waals surface area contributed by atoms with Gasteiger partial charge in [0.1, 0.15) is 0 Å². The summed E-state index contributed by atoms with van der Waals surface area (Å²) in [7, 11) is -1.37. The number of carbonyl (C=O) groups excluding carboxylic acids is 1. The normalized spacial score (nSPS) is 13.9. The van der Waals surface area contributed by atoms with Crippen molar-refractivity contribution in [3.63, 3.8) is 0 Å². The van der Waals surface area contributed by atoms with Crippen molar-refractivity contribution in [1.29, 1.82) is 0 Å². The summed E-state index contributed by atoms with van der Waals surface area (Å²) >= 11 is 6.00. The van der Waals surface area contributed by atoms with Gasteiger partial charge in [-0.2, -0.15) is 0 Å². The molecule has 12 heavy (non-hydrogen) atoms. The molecule has 0 aromatic heterocycles. The Hall–Kier alpha value is -0.343. The van der Waals surface area contributed by atoms with Crippen molar-refractivity contribution in [2.45, 2.75) is 26.6 Å². The third-order valence-corrected chi connectivity index (χ3v) is 4.72. The molecular weight excluding hydrogens is 188 g/mol. The van der Waals surface area contributed by atoms with Gasteiger partial charge in [0.05, 0.1) is 8.07 Å². The molecule has 0 N–H and O–H groups in total. The maximum absolute atomic E-state index is 10.5. The second-order valence-electron chi connectivity index (χ2n) is 3.73. The van der Waals surface area contributed by atoms with Crippen LogP contribution in [0, 0.1) is 0 Å². The second kappa shape index (κ2) is 4.63. The standard InChI is InChI=1S/C9H15ClOSi/c1-8(11)6-5-7-9(10)12(2,3)4/h5-7H,1-4H3/b6-5+,9-7+. The second-order valence-corrected chi connectivity index (χ2v) is 9.50. The predicted molar refractivity (Wildman–Crippen MR) is 57.1 cm³/mol. The van der Waals surface area contributed by atoms with Gasteiger partial charge in [-0.15, -0.1) is 0 Å². The zero-order valence-corrected chi connectivity index (χ0v) is 9.77. The minimum Gasteiger partial charge on any atom is -0.295 e. The van der Waals surface area contributed by atoms with Crippen molar-refractivity contribution in [2.24, 2.45) is 0 Å². The lowest BCUT2D eigenvalue weighted by molar-refractivity contribution is -0.112. The van der Waals surface area contributed by atoms with E-state index in [2.05, 4.69) is 19.6 Å². The fourth-order valence-corrected chi connectivity index (χ4v) is 1.19. The van der Waals surface area contributed by atoms with E-state index >= 15 is 0 Å². The summed E-state index contributed by atoms with van der Waals surface area (Å²) in [5.41, 5.74) is 0. The lowest BCUT2D eigenvalue weighted by atomic mass is 10.4. The van der Waals surface area contributed by atoms with Gasteiger partial charge in [-0.3, -0.25) is 4.79 Å². The zero-order chi connectivity index (χ0) is 9.78. The Morgan fingerprint density at radius 1 is 1.33 bits per heavy atom. The lowest BCUT2D eigenvalue weighted by Crippen LogP contribution is -2.20. The number of halogens is 1. The van der Waals surface area contributed by atoms with Gasteiger partial charge in [0.25, 0.3) is 0 Å². The van der Waals surface area contributed by atoms with Crippen LogP contribution in [0.3, 0.4) is 0 Å². The maximum Gasteiger partial charge on any atom is 0.152 e. The minimum absolute atomic E-state index is 0.0475. The third kappa shape index (κ3) is 5.33. The summed E-state index contributed by atoms with van der Waals surface area (Å²) in [4.78, 5) is 10.5. The van der Waals surface area contributed by atoms with Crippen LogP contribution in [0.1, 0.15) is 6.92 Å². The summed E-state index contributed by atoms with van der Waals surface area (Å²) in [6.07, 6.45) is 5.04. The van der Waals surface area contributed by atoms with Gasteiger partial charge in [-0.25, -0.2) is 0 Å². The van der Waals surface area contributed by atoms with Crippen LogP contribution in [0.25, 0.3) is 0 Å². The average molecular weight is 203 g/mol. The Kier molecular flexibility index (Phi) is 4.49. The van der Waals surface area contributed by atoms with E-state index in [0.717, 1.165) is 4.66 Å². The van der Waals surface area contributed by atoms with Crippen molar-refractivity contribution in [1.82, 2.24) is 0 Å². The molecule has 0 rings (SSSR count). The van der Waals surface area contributed by atoms with E-state index in [0.29, 0.717) is 0 Å². The number of hydrogen-bond acceptors (Lipinski definition) is 1. The summed E-state index contributed by atoms with van der Waals surface area (Å²) in [5, 5.41) is 0. The molecular formula is C9H15ClOSi. The van der Waals surface area contributed by atoms with Crippen LogP contribution < -0.4 is 0 Å². The smallest absolute Gasteiger partial charge is 0.152 e. The first-order chi connectivity index (χ1) is 5.34. The van der Waals surface area contributed by atoms with E-state index in [-0.39, 0.29) is 5.78 Å². The molecule has 3 heteroatoms. The van der Waals surface area contributed by atoms with Gasteiger partial charge >= 0.3 is 0 Å². The average Bonchev–Trinajstić information content (AvgIpc) is 1.84. The third-order valence-electron chi connectivity index (χ3n) is 1.29. The SMILES string of the molecule is CC(=O)/C=C/C=C(\Cl)[Si](C)(C)C. The molecule has 0 aliphatic heterocycles. The molecule has 0 heterocycles. The van der Waals surface area contributed by atoms with Crippen molar-refractivity contribution in [3.05, 3.63) is 22.9 Å². The fraction of sp³-hybridized carbons (Fsp3) is 0.444. The van der Waals surface area contributed by atoms with Gasteiger partial charge in [0, 0.05) is 4.66 Å². The maximum atomic E-state index is 10.5. The first-order valence-electron chi connectivity index (χ1n) is 3.89. The molecule has 0 fully saturated rings. The number of rotatable bonds is 3. The van der Waals surface area contributed by atoms with Gasteiger partial charge in [0.2, 0.25) is 0 Å². The quantitative estimate of drug-likeness (QED) is 0.391. The van der Waals surface area contributed by atoms with Crippen LogP contribution >= 0.6 is 11.6 Å². The summed E-state index contributed by atoms with van der Waals surface area (Å²) in [6, 6.07) is 0. The molecule has 0 aromatic carbocycles. The Morgan fingerprint density at radius 2 is 1.83 bits per heavy atom. The van der Waals surface area contributed by atoms with E-state index in [4.69, 9.17) is 11.6 Å². The molecule has 0 unspecified atom stereocenters. The fourth-order valence-electron chi connectivity index (χ4n) is 0.518. The van der Waals surface area contributed by atoms with Crippen LogP contribution in [0.2, 0.25) is 19.6 Å². The van der Waals surface area contributed by atoms with Crippen LogP contribution in [0.5, 0.6) is 0 Å². The minimum atomic E-state index is -1.37. The largest absolute Gasteiger partial charge is 0.295 e. The van der Waals surface area contributed by atoms with E-state index < -0.39 is 8.07 Å². The molecule has 0 radical (unpaired) electrons. The van der Waals surface area contributed by atoms with Crippen molar-refractivity contribution in [3.8, 4) is 0 Å². The van der Waals surface area contributed by atoms with Crippen molar-refractivity contribution >= 4 is 25.5 Å². The number of carbonyl (C=O) groups is 1. The highest BCUT2D eigenvalue weighted by Gasteiger charge is 2.16. The lowest BCUT2D eigenvalue weighted by Gasteiger charge is -2.13. The molecule has 0 aliphatic rings. The van der Waals surface area contributed by atoms with Crippen LogP contribution in [0.15, 0.2) is 22.9 Å². The van der Waals surface area contributed by atoms with Crippen molar-refractivity contribution in [2.75, 3.05) is 0 Å². The summed E-state index contributed by atoms with van der Waals surface area (Å²) in [6.45, 7) is 8.00. The Balaban J connectivity index is 4.29. The highest BCUT2D eigenvalue weighted by molar-refractivity contribution is 6.91. The monoisotopic (exact) mass is 202 g/mol. The predicted octanol–water partition coefficient (Wildman–Crippen LogP) is 3.13. The topological polar surface area (TPSA) is 17.1 Å². The van der Waals surface area contributed by atoms with Crippen molar-refractivity contribution < 1.29 is 4.79 Å². The number of allylic oxidation sites excluding steroid dienone is 3. The van der Waals surface area contributed by atoms with E-state index in [1.807, 2.05) is 6.08 Å². The first-order valence-corrected chi connectivity index (χ1v) is 7.77. The molecule has 0 spiro atoms. The highest BCUT2D eigenvalue weighted by atomic mass is 35.5. The van der Waals surface area contributed by atoms with Gasteiger partial charge < -0.3 is 0 Å². The van der Waals surface area contributed by atoms with Gasteiger partial charge in [0.15, 0.2) is 5.78 Å². The van der Waals surface area contributed by atoms with Gasteiger partial charge in [-0.05, 0) is 13.0 Å². The molecule has 1 nitrogen and oxygen atoms in total. The Labute approximate surface area is 80.1 Å². The van der Waals surface area contributed by atoms with Crippen LogP contribution in [-0.4, -0.2) is 13.9 Å². The molecule has 0 saturated heterocycles. The highest BCUT2D eigenvalue weighted by Crippen LogP contribution is 2.17. The molecule has 0 bridgehead atoms. The molecule has 0 amide bonds. The zero-order valence-electron chi connectivity index (χ0n) is 8.02. The number of hydrogen-bond donors (Lipinski definition) is 0. The molecule has 0 aromatic rings. The van der Waals surface area contributed by atoms with Crippen LogP contribution in [-0.2, 0) is 4.79 Å². The summed E-state index contributed by atoms with van der Waals surface area (Å²) < 4.78 is 0.889. The molecule has 0 saturated carbocycles. The van der Waals surface area contributed by atoms with Crippen LogP contribution in [0.4, 0.5) is 0 Å². The molecule has 68 valence electrons. The summed E-state index contributed by atoms with van der Waals surface area (Å²) in [5.74, 6) is 0.0475. The van der Waals surface area contributed by atoms with E-state index in [9.17, 15) is 4.79 Å².